The van der Waals surface area contributed by atoms with Crippen LogP contribution < -0.4 is 10.6 Å². The van der Waals surface area contributed by atoms with Gasteiger partial charge >= 0.3 is 0 Å². The molecule has 6 aromatic heterocycles. The second-order valence-corrected chi connectivity index (χ2v) is 11.3. The number of hydrogen-bond acceptors (Lipinski definition) is 15. The summed E-state index contributed by atoms with van der Waals surface area (Å²) in [7, 11) is 3.96. The van der Waals surface area contributed by atoms with Crippen LogP contribution in [0, 0.1) is 0 Å². The molecular formula is C33H27N9O7. The van der Waals surface area contributed by atoms with Crippen molar-refractivity contribution in [2.24, 2.45) is 0 Å². The first-order chi connectivity index (χ1) is 23.9. The summed E-state index contributed by atoms with van der Waals surface area (Å²) in [6.45, 7) is 0.685. The number of nitrogens with zero attached hydrogens (tertiary/aromatic N) is 7. The summed E-state index contributed by atoms with van der Waals surface area (Å²) in [5, 5.41) is 6.31. The monoisotopic (exact) mass is 661 g/mol. The minimum Gasteiger partial charge on any atom is -0.446 e. The number of rotatable bonds is 5. The zero-order valence-corrected chi connectivity index (χ0v) is 26.1. The number of anilines is 1. The van der Waals surface area contributed by atoms with Crippen molar-refractivity contribution < 1.29 is 31.3 Å². The van der Waals surface area contributed by atoms with Gasteiger partial charge in [0.1, 0.15) is 43.6 Å². The van der Waals surface area contributed by atoms with Crippen LogP contribution in [0.15, 0.2) is 94.4 Å². The van der Waals surface area contributed by atoms with Crippen molar-refractivity contribution in [1.82, 2.24) is 40.1 Å². The fourth-order valence-corrected chi connectivity index (χ4v) is 4.96. The van der Waals surface area contributed by atoms with Crippen LogP contribution in [0.1, 0.15) is 39.6 Å². The van der Waals surface area contributed by atoms with E-state index in [-0.39, 0.29) is 40.8 Å². The van der Waals surface area contributed by atoms with E-state index >= 15 is 0 Å². The first kappa shape index (κ1) is 29.8. The molecule has 1 aromatic carbocycles. The molecule has 1 aliphatic rings. The summed E-state index contributed by atoms with van der Waals surface area (Å²) in [4.78, 5) is 42.4. The molecule has 0 spiro atoms. The fraction of sp³-hybridized carbons (Fsp3) is 0.182. The maximum Gasteiger partial charge on any atom is 0.273 e. The molecule has 12 bridgehead atoms. The highest BCUT2D eigenvalue weighted by molar-refractivity contribution is 5.92. The van der Waals surface area contributed by atoms with E-state index in [0.717, 1.165) is 11.3 Å². The van der Waals surface area contributed by atoms with Gasteiger partial charge in [0.25, 0.3) is 5.91 Å². The Kier molecular flexibility index (Phi) is 7.65. The van der Waals surface area contributed by atoms with Crippen molar-refractivity contribution >= 4 is 17.7 Å². The predicted molar refractivity (Wildman–Crippen MR) is 170 cm³/mol. The fourth-order valence-electron chi connectivity index (χ4n) is 4.96. The summed E-state index contributed by atoms with van der Waals surface area (Å²) in [6.07, 6.45) is 12.7. The average Bonchev–Trinajstić information content (AvgIpc) is 3.94. The van der Waals surface area contributed by atoms with Gasteiger partial charge in [0.15, 0.2) is 28.5 Å². The van der Waals surface area contributed by atoms with Gasteiger partial charge in [-0.05, 0) is 37.9 Å². The number of hydrogen-bond donors (Lipinski definition) is 2. The lowest BCUT2D eigenvalue weighted by atomic mass is 10.0. The molecule has 7 aromatic rings. The second-order valence-electron chi connectivity index (χ2n) is 11.3. The largest absolute Gasteiger partial charge is 0.446 e. The molecule has 0 saturated heterocycles. The molecule has 7 heterocycles. The number of fused-ring (bicyclic) bond motifs is 16. The smallest absolute Gasteiger partial charge is 0.273 e. The van der Waals surface area contributed by atoms with E-state index in [2.05, 4.69) is 40.5 Å². The number of allylic oxidation sites excluding steroid dienone is 1. The van der Waals surface area contributed by atoms with Crippen LogP contribution in [0.5, 0.6) is 0 Å². The van der Waals surface area contributed by atoms with E-state index in [1.807, 2.05) is 49.3 Å². The van der Waals surface area contributed by atoms with Crippen LogP contribution in [0.4, 0.5) is 5.69 Å². The van der Waals surface area contributed by atoms with Gasteiger partial charge in [0, 0.05) is 18.5 Å². The maximum absolute atomic E-state index is 13.5. The summed E-state index contributed by atoms with van der Waals surface area (Å²) in [5.74, 6) is 0.780. The topological polar surface area (TPSA) is 201 Å². The van der Waals surface area contributed by atoms with Crippen molar-refractivity contribution in [2.75, 3.05) is 26.1 Å². The molecule has 16 heteroatoms. The van der Waals surface area contributed by atoms with E-state index in [0.29, 0.717) is 48.2 Å². The average molecular weight is 662 g/mol. The molecule has 1 amide bonds. The molecule has 0 radical (unpaired) electrons. The van der Waals surface area contributed by atoms with E-state index in [4.69, 9.17) is 26.5 Å². The summed E-state index contributed by atoms with van der Waals surface area (Å²) in [5.41, 5.74) is 3.89. The number of amides is 1. The summed E-state index contributed by atoms with van der Waals surface area (Å²) in [6, 6.07) is 7.17. The second kappa shape index (κ2) is 12.6. The van der Waals surface area contributed by atoms with Gasteiger partial charge in [-0.2, -0.15) is 0 Å². The van der Waals surface area contributed by atoms with Gasteiger partial charge in [0.05, 0.1) is 12.4 Å². The summed E-state index contributed by atoms with van der Waals surface area (Å²) < 4.78 is 34.0. The standard InChI is InChI=1S/C33H27N9O7/c1-42(2)17-34-19-8-6-18(7-9-19)10-21-29-39-26(15-47-29)33-40-24(14-49-33)30-35-20(11-45-30)4-3-5-27-36-23(13-44-27)31-41-25(16-48-31)32-38-22(12-46-32)28(43)37-21/h3,5-9,11-16,21,34H,4,10,17H2,1-2H3,(H,37,43)/b5-3+. The third-order valence-electron chi connectivity index (χ3n) is 7.40. The van der Waals surface area contributed by atoms with Gasteiger partial charge in [0.2, 0.25) is 35.3 Å². The van der Waals surface area contributed by atoms with E-state index in [1.54, 1.807) is 6.08 Å². The van der Waals surface area contributed by atoms with Crippen LogP contribution in [0.25, 0.3) is 52.4 Å². The normalized spacial score (nSPS) is 15.2. The van der Waals surface area contributed by atoms with Crippen LogP contribution in [0.3, 0.4) is 0 Å². The zero-order valence-electron chi connectivity index (χ0n) is 26.1. The molecule has 1 aliphatic heterocycles. The van der Waals surface area contributed by atoms with Crippen molar-refractivity contribution in [3.05, 3.63) is 96.7 Å². The Hall–Kier alpha value is -6.55. The highest BCUT2D eigenvalue weighted by Gasteiger charge is 2.26. The number of nitrogens with one attached hydrogen (secondary N) is 2. The lowest BCUT2D eigenvalue weighted by Crippen LogP contribution is -2.30. The number of oxazole rings is 6. The molecule has 49 heavy (non-hydrogen) atoms. The Balaban J connectivity index is 1.13. The third kappa shape index (κ3) is 6.39. The van der Waals surface area contributed by atoms with Crippen molar-refractivity contribution in [1.29, 1.82) is 0 Å². The lowest BCUT2D eigenvalue weighted by Gasteiger charge is -2.16. The van der Waals surface area contributed by atoms with Gasteiger partial charge < -0.3 is 37.1 Å². The van der Waals surface area contributed by atoms with E-state index < -0.39 is 11.9 Å². The minimum absolute atomic E-state index is 0.0190. The predicted octanol–water partition coefficient (Wildman–Crippen LogP) is 5.50. The molecule has 0 saturated carbocycles. The molecule has 2 N–H and O–H groups in total. The van der Waals surface area contributed by atoms with Gasteiger partial charge in [-0.25, -0.2) is 29.9 Å². The van der Waals surface area contributed by atoms with Crippen molar-refractivity contribution in [3.8, 4) is 46.3 Å². The number of carbonyl (C=O) groups is 1. The molecule has 8 rings (SSSR count). The Bertz CT molecular complexity index is 2250. The molecule has 246 valence electrons. The Morgan fingerprint density at radius 1 is 0.714 bits per heavy atom. The van der Waals surface area contributed by atoms with Crippen molar-refractivity contribution in [3.63, 3.8) is 0 Å². The van der Waals surface area contributed by atoms with Gasteiger partial charge in [-0.3, -0.25) is 9.69 Å². The highest BCUT2D eigenvalue weighted by Crippen LogP contribution is 2.28. The molecule has 0 aliphatic carbocycles. The minimum atomic E-state index is -0.704. The van der Waals surface area contributed by atoms with Crippen LogP contribution in [-0.2, 0) is 12.8 Å². The summed E-state index contributed by atoms with van der Waals surface area (Å²) >= 11 is 0. The molecule has 16 nitrogen and oxygen atoms in total. The zero-order chi connectivity index (χ0) is 33.3. The van der Waals surface area contributed by atoms with Gasteiger partial charge in [-0.15, -0.1) is 0 Å². The Morgan fingerprint density at radius 3 is 2.04 bits per heavy atom. The first-order valence-corrected chi connectivity index (χ1v) is 15.1. The number of aromatic nitrogens is 6. The number of benzene rings is 1. The molecule has 0 fully saturated rings. The molecule has 1 atom stereocenters. The van der Waals surface area contributed by atoms with E-state index in [1.165, 1.54) is 37.6 Å². The van der Waals surface area contributed by atoms with Crippen LogP contribution >= 0.6 is 0 Å². The number of carbonyl (C=O) groups excluding carboxylic acids is 1. The van der Waals surface area contributed by atoms with Crippen LogP contribution in [0.2, 0.25) is 0 Å². The van der Waals surface area contributed by atoms with E-state index in [9.17, 15) is 4.79 Å². The Morgan fingerprint density at radius 2 is 1.31 bits per heavy atom. The SMILES string of the molecule is CN(C)CNc1ccc(CC2NC(=O)c3coc(n3)-c3coc(n3)-c3coc(n3)/C=C/Cc3coc(n3)-c3coc(n3)-c3coc2n3)cc1. The molecule has 1 unspecified atom stereocenters. The third-order valence-corrected chi connectivity index (χ3v) is 7.40. The lowest BCUT2D eigenvalue weighted by molar-refractivity contribution is 0.0925. The first-order valence-electron chi connectivity index (χ1n) is 15.1. The Labute approximate surface area is 276 Å². The van der Waals surface area contributed by atoms with Crippen molar-refractivity contribution in [2.45, 2.75) is 18.9 Å². The van der Waals surface area contributed by atoms with Crippen LogP contribution in [-0.4, -0.2) is 61.5 Å². The molecular weight excluding hydrogens is 634 g/mol. The quantitative estimate of drug-likeness (QED) is 0.219. The highest BCUT2D eigenvalue weighted by atomic mass is 16.4. The maximum atomic E-state index is 13.5. The van der Waals surface area contributed by atoms with Gasteiger partial charge in [-0.1, -0.05) is 18.2 Å².